The molecule has 3 aromatic carbocycles. The number of rotatable bonds is 10. The van der Waals surface area contributed by atoms with Gasteiger partial charge in [0.2, 0.25) is 0 Å². The highest BCUT2D eigenvalue weighted by Gasteiger charge is 2.57. The van der Waals surface area contributed by atoms with Gasteiger partial charge in [-0.1, -0.05) is 30.7 Å². The maximum atomic E-state index is 14.4. The van der Waals surface area contributed by atoms with Crippen molar-refractivity contribution in [2.75, 3.05) is 34.5 Å². The van der Waals surface area contributed by atoms with Crippen molar-refractivity contribution in [2.45, 2.75) is 89.9 Å². The number of ketones is 1. The molecule has 3 aliphatic rings. The summed E-state index contributed by atoms with van der Waals surface area (Å²) in [5.41, 5.74) is 2.74. The average molecular weight is 700 g/mol. The molecular formula is C42H53NO8. The van der Waals surface area contributed by atoms with E-state index < -0.39 is 23.2 Å². The quantitative estimate of drug-likeness (QED) is 0.164. The number of aliphatic hydroxyl groups is 2. The molecule has 4 atom stereocenters. The molecule has 1 saturated carbocycles. The van der Waals surface area contributed by atoms with Crippen LogP contribution in [0.1, 0.15) is 97.8 Å². The summed E-state index contributed by atoms with van der Waals surface area (Å²) < 4.78 is 21.9. The Morgan fingerprint density at radius 2 is 1.65 bits per heavy atom. The van der Waals surface area contributed by atoms with Crippen LogP contribution in [0.5, 0.6) is 17.2 Å². The number of hydrogen-bond donors (Lipinski definition) is 2. The summed E-state index contributed by atoms with van der Waals surface area (Å²) in [5.74, 6) is 1.54. The van der Waals surface area contributed by atoms with Gasteiger partial charge in [-0.2, -0.15) is 0 Å². The minimum atomic E-state index is -1.32. The van der Waals surface area contributed by atoms with E-state index in [1.807, 2.05) is 30.3 Å². The maximum absolute atomic E-state index is 14.4. The van der Waals surface area contributed by atoms with E-state index in [0.29, 0.717) is 66.9 Å². The Balaban J connectivity index is 1.59. The monoisotopic (exact) mass is 699 g/mol. The van der Waals surface area contributed by atoms with Gasteiger partial charge in [0.25, 0.3) is 0 Å². The lowest BCUT2D eigenvalue weighted by atomic mass is 9.64. The van der Waals surface area contributed by atoms with Gasteiger partial charge in [0, 0.05) is 28.2 Å². The first kappa shape index (κ1) is 37.9. The molecule has 1 amide bonds. The SMILES string of the molecule is CCOC(=O)N(Cc1ccc(OC)cc1OC)CC1(O)CCC2c3ccc(cc3C(=O)c3ccc(OC)cc3)CC(O)CCC(C)=CCCC21C. The molecule has 0 heterocycles. The van der Waals surface area contributed by atoms with Crippen molar-refractivity contribution >= 4 is 11.9 Å². The zero-order chi connectivity index (χ0) is 36.8. The number of aliphatic hydroxyl groups excluding tert-OH is 1. The van der Waals surface area contributed by atoms with Crippen LogP contribution in [-0.4, -0.2) is 73.2 Å². The Bertz CT molecular complexity index is 1720. The number of fused-ring (bicyclic) bond motifs is 8. The van der Waals surface area contributed by atoms with Crippen molar-refractivity contribution in [1.29, 1.82) is 0 Å². The van der Waals surface area contributed by atoms with Gasteiger partial charge in [-0.25, -0.2) is 4.79 Å². The average Bonchev–Trinajstić information content (AvgIpc) is 3.38. The fraction of sp³-hybridized carbons (Fsp3) is 0.476. The van der Waals surface area contributed by atoms with Gasteiger partial charge in [0.15, 0.2) is 5.78 Å². The van der Waals surface area contributed by atoms with Crippen molar-refractivity contribution in [3.8, 4) is 17.2 Å². The number of hydrogen-bond acceptors (Lipinski definition) is 8. The Labute approximate surface area is 302 Å². The number of carbonyl (C=O) groups excluding carboxylic acids is 2. The van der Waals surface area contributed by atoms with Gasteiger partial charge >= 0.3 is 6.09 Å². The molecular weight excluding hydrogens is 646 g/mol. The predicted octanol–water partition coefficient (Wildman–Crippen LogP) is 7.64. The number of benzene rings is 3. The van der Waals surface area contributed by atoms with Gasteiger partial charge in [-0.15, -0.1) is 0 Å². The van der Waals surface area contributed by atoms with E-state index >= 15 is 0 Å². The number of amides is 1. The molecule has 0 aromatic heterocycles. The molecule has 6 rings (SSSR count). The molecule has 2 bridgehead atoms. The van der Waals surface area contributed by atoms with Crippen molar-refractivity contribution in [2.24, 2.45) is 5.41 Å². The molecule has 3 aromatic rings. The second-order valence-corrected chi connectivity index (χ2v) is 14.2. The third kappa shape index (κ3) is 8.26. The van der Waals surface area contributed by atoms with Crippen molar-refractivity contribution in [3.63, 3.8) is 0 Å². The number of allylic oxidation sites excluding steroid dienone is 2. The van der Waals surface area contributed by atoms with Crippen LogP contribution in [0.2, 0.25) is 0 Å². The van der Waals surface area contributed by atoms with E-state index in [-0.39, 0.29) is 31.4 Å². The topological polar surface area (TPSA) is 115 Å². The van der Waals surface area contributed by atoms with Gasteiger partial charge in [0.1, 0.15) is 17.2 Å². The van der Waals surface area contributed by atoms with Crippen LogP contribution in [0.15, 0.2) is 72.3 Å². The smallest absolute Gasteiger partial charge is 0.410 e. The Morgan fingerprint density at radius 3 is 2.33 bits per heavy atom. The van der Waals surface area contributed by atoms with Gasteiger partial charge in [0.05, 0.1) is 52.7 Å². The van der Waals surface area contributed by atoms with Crippen molar-refractivity contribution < 1.29 is 38.7 Å². The molecule has 1 fully saturated rings. The fourth-order valence-electron chi connectivity index (χ4n) is 8.00. The molecule has 4 unspecified atom stereocenters. The lowest BCUT2D eigenvalue weighted by Crippen LogP contribution is -2.53. The number of ether oxygens (including phenoxy) is 4. The lowest BCUT2D eigenvalue weighted by molar-refractivity contribution is -0.0821. The molecule has 3 aliphatic carbocycles. The highest BCUT2D eigenvalue weighted by molar-refractivity contribution is 6.10. The summed E-state index contributed by atoms with van der Waals surface area (Å²) in [5, 5.41) is 23.9. The molecule has 51 heavy (non-hydrogen) atoms. The molecule has 274 valence electrons. The van der Waals surface area contributed by atoms with E-state index in [0.717, 1.165) is 23.1 Å². The second-order valence-electron chi connectivity index (χ2n) is 14.2. The number of methoxy groups -OCH3 is 3. The summed E-state index contributed by atoms with van der Waals surface area (Å²) in [6.45, 7) is 6.34. The van der Waals surface area contributed by atoms with Crippen LogP contribution in [0.4, 0.5) is 4.79 Å². The second kappa shape index (κ2) is 16.3. The third-order valence-corrected chi connectivity index (χ3v) is 11.1. The van der Waals surface area contributed by atoms with Crippen LogP contribution in [0.3, 0.4) is 0 Å². The Kier molecular flexibility index (Phi) is 12.1. The highest BCUT2D eigenvalue weighted by Crippen LogP contribution is 2.59. The van der Waals surface area contributed by atoms with E-state index in [9.17, 15) is 19.8 Å². The summed E-state index contributed by atoms with van der Waals surface area (Å²) in [7, 11) is 4.75. The van der Waals surface area contributed by atoms with E-state index in [2.05, 4.69) is 19.9 Å². The number of nitrogens with zero attached hydrogens (tertiary/aromatic N) is 1. The molecule has 0 spiro atoms. The predicted molar refractivity (Wildman–Crippen MR) is 197 cm³/mol. The van der Waals surface area contributed by atoms with Crippen molar-refractivity contribution in [3.05, 3.63) is 100 Å². The van der Waals surface area contributed by atoms with E-state index in [1.54, 1.807) is 63.5 Å². The third-order valence-electron chi connectivity index (χ3n) is 11.1. The van der Waals surface area contributed by atoms with Crippen LogP contribution < -0.4 is 14.2 Å². The van der Waals surface area contributed by atoms with E-state index in [1.165, 1.54) is 5.57 Å². The van der Waals surface area contributed by atoms with Gasteiger partial charge in [-0.3, -0.25) is 4.79 Å². The highest BCUT2D eigenvalue weighted by atomic mass is 16.6. The van der Waals surface area contributed by atoms with Crippen LogP contribution in [-0.2, 0) is 17.7 Å². The minimum Gasteiger partial charge on any atom is -0.497 e. The summed E-state index contributed by atoms with van der Waals surface area (Å²) in [6.07, 6.45) is 5.29. The normalized spacial score (nSPS) is 23.4. The Hall–Kier alpha value is -4.34. The van der Waals surface area contributed by atoms with Gasteiger partial charge in [-0.05, 0) is 118 Å². The first-order valence-electron chi connectivity index (χ1n) is 18.0. The molecule has 0 radical (unpaired) electrons. The maximum Gasteiger partial charge on any atom is 0.410 e. The zero-order valence-electron chi connectivity index (χ0n) is 30.9. The van der Waals surface area contributed by atoms with E-state index in [4.69, 9.17) is 18.9 Å². The summed E-state index contributed by atoms with van der Waals surface area (Å²) >= 11 is 0. The number of carbonyl (C=O) groups is 2. The molecule has 0 saturated heterocycles. The summed E-state index contributed by atoms with van der Waals surface area (Å²) in [4.78, 5) is 29.5. The van der Waals surface area contributed by atoms with Crippen LogP contribution in [0.25, 0.3) is 0 Å². The van der Waals surface area contributed by atoms with Gasteiger partial charge < -0.3 is 34.1 Å². The van der Waals surface area contributed by atoms with Crippen LogP contribution >= 0.6 is 0 Å². The molecule has 0 aliphatic heterocycles. The standard InChI is InChI=1S/C42H53NO8/c1-7-51-40(46)43(26-31-14-18-34(49-5)25-38(31)50-6)27-42(47)22-20-37-35-19-11-29(23-32(44)15-10-28(2)9-8-21-41(37,42)3)24-36(35)39(45)30-12-16-33(48-4)17-13-30/h9,11-14,16-19,24-25,32,37,44,47H,7-8,10,15,20-23,26-27H2,1-6H3. The van der Waals surface area contributed by atoms with Crippen molar-refractivity contribution in [1.82, 2.24) is 4.90 Å². The largest absolute Gasteiger partial charge is 0.497 e. The summed E-state index contributed by atoms with van der Waals surface area (Å²) in [6, 6.07) is 18.5. The Morgan fingerprint density at radius 1 is 0.922 bits per heavy atom. The lowest BCUT2D eigenvalue weighted by Gasteiger charge is -2.46. The first-order chi connectivity index (χ1) is 24.4. The fourth-order valence-corrected chi connectivity index (χ4v) is 8.00. The first-order valence-corrected chi connectivity index (χ1v) is 18.0. The molecule has 9 heteroatoms. The zero-order valence-corrected chi connectivity index (χ0v) is 30.9. The minimum absolute atomic E-state index is 0.0305. The van der Waals surface area contributed by atoms with Crippen LogP contribution in [0, 0.1) is 5.41 Å². The molecule has 9 nitrogen and oxygen atoms in total. The molecule has 2 N–H and O–H groups in total.